The first-order valence-electron chi connectivity index (χ1n) is 6.93. The number of esters is 1. The second-order valence-electron chi connectivity index (χ2n) is 5.86. The van der Waals surface area contributed by atoms with Crippen molar-refractivity contribution in [1.82, 2.24) is 5.32 Å². The van der Waals surface area contributed by atoms with E-state index in [1.165, 1.54) is 7.11 Å². The van der Waals surface area contributed by atoms with Crippen LogP contribution in [0.1, 0.15) is 33.3 Å². The molecule has 0 amide bonds. The van der Waals surface area contributed by atoms with Crippen molar-refractivity contribution in [3.05, 3.63) is 23.8 Å². The fourth-order valence-corrected chi connectivity index (χ4v) is 1.68. The maximum absolute atomic E-state index is 11.5. The lowest BCUT2D eigenvalue weighted by Gasteiger charge is -2.22. The molecule has 1 rings (SSSR count). The third-order valence-corrected chi connectivity index (χ3v) is 2.92. The van der Waals surface area contributed by atoms with Crippen molar-refractivity contribution in [1.29, 1.82) is 0 Å². The standard InChI is InChI=1S/C16H25NO4/c1-11(15(18)20-6)21-14-9-13(19-5)8-7-12(14)10-17-16(2,3)4/h7-9,11,17H,10H2,1-6H3. The molecule has 0 aromatic heterocycles. The second-order valence-corrected chi connectivity index (χ2v) is 5.86. The summed E-state index contributed by atoms with van der Waals surface area (Å²) in [5.41, 5.74) is 0.951. The molecule has 118 valence electrons. The van der Waals surface area contributed by atoms with E-state index < -0.39 is 12.1 Å². The summed E-state index contributed by atoms with van der Waals surface area (Å²) in [5, 5.41) is 3.40. The van der Waals surface area contributed by atoms with Gasteiger partial charge in [-0.3, -0.25) is 0 Å². The summed E-state index contributed by atoms with van der Waals surface area (Å²) < 4.78 is 15.6. The third kappa shape index (κ3) is 5.63. The molecule has 1 aromatic carbocycles. The lowest BCUT2D eigenvalue weighted by molar-refractivity contribution is -0.147. The monoisotopic (exact) mass is 295 g/mol. The molecule has 0 heterocycles. The van der Waals surface area contributed by atoms with Gasteiger partial charge >= 0.3 is 5.97 Å². The van der Waals surface area contributed by atoms with Gasteiger partial charge in [0.1, 0.15) is 11.5 Å². The summed E-state index contributed by atoms with van der Waals surface area (Å²) in [5.74, 6) is 0.887. The highest BCUT2D eigenvalue weighted by atomic mass is 16.6. The van der Waals surface area contributed by atoms with Crippen LogP contribution in [0.25, 0.3) is 0 Å². The van der Waals surface area contributed by atoms with Gasteiger partial charge in [-0.1, -0.05) is 6.07 Å². The van der Waals surface area contributed by atoms with Crippen LogP contribution in [0, 0.1) is 0 Å². The van der Waals surface area contributed by atoms with Crippen molar-refractivity contribution >= 4 is 5.97 Å². The number of methoxy groups -OCH3 is 2. The Kier molecular flexibility index (Phi) is 6.03. The van der Waals surface area contributed by atoms with Gasteiger partial charge < -0.3 is 19.5 Å². The SMILES string of the molecule is COC(=O)C(C)Oc1cc(OC)ccc1CNC(C)(C)C. The van der Waals surface area contributed by atoms with Crippen LogP contribution in [0.3, 0.4) is 0 Å². The molecule has 5 heteroatoms. The van der Waals surface area contributed by atoms with Crippen molar-refractivity contribution in [3.8, 4) is 11.5 Å². The first-order chi connectivity index (χ1) is 9.76. The van der Waals surface area contributed by atoms with Gasteiger partial charge in [-0.15, -0.1) is 0 Å². The van der Waals surface area contributed by atoms with Crippen LogP contribution in [0.15, 0.2) is 18.2 Å². The first-order valence-corrected chi connectivity index (χ1v) is 6.93. The number of hydrogen-bond acceptors (Lipinski definition) is 5. The van der Waals surface area contributed by atoms with E-state index in [-0.39, 0.29) is 5.54 Å². The lowest BCUT2D eigenvalue weighted by Crippen LogP contribution is -2.35. The van der Waals surface area contributed by atoms with Crippen LogP contribution in [-0.2, 0) is 16.1 Å². The molecule has 1 unspecified atom stereocenters. The molecule has 0 radical (unpaired) electrons. The minimum atomic E-state index is -0.671. The van der Waals surface area contributed by atoms with Crippen molar-refractivity contribution in [2.24, 2.45) is 0 Å². The molecule has 0 spiro atoms. The average molecular weight is 295 g/mol. The van der Waals surface area contributed by atoms with Crippen LogP contribution in [-0.4, -0.2) is 31.8 Å². The Balaban J connectivity index is 2.94. The van der Waals surface area contributed by atoms with Crippen LogP contribution < -0.4 is 14.8 Å². The largest absolute Gasteiger partial charge is 0.497 e. The lowest BCUT2D eigenvalue weighted by atomic mass is 10.1. The van der Waals surface area contributed by atoms with Gasteiger partial charge in [0.2, 0.25) is 0 Å². The molecular weight excluding hydrogens is 270 g/mol. The van der Waals surface area contributed by atoms with Crippen LogP contribution in [0.5, 0.6) is 11.5 Å². The van der Waals surface area contributed by atoms with Gasteiger partial charge in [-0.25, -0.2) is 4.79 Å². The van der Waals surface area contributed by atoms with Crippen molar-refractivity contribution in [3.63, 3.8) is 0 Å². The van der Waals surface area contributed by atoms with Gasteiger partial charge in [0.25, 0.3) is 0 Å². The van der Waals surface area contributed by atoms with Crippen molar-refractivity contribution < 1.29 is 19.0 Å². The zero-order chi connectivity index (χ0) is 16.0. The van der Waals surface area contributed by atoms with E-state index in [0.29, 0.717) is 18.0 Å². The summed E-state index contributed by atoms with van der Waals surface area (Å²) in [6, 6.07) is 5.57. The fourth-order valence-electron chi connectivity index (χ4n) is 1.68. The van der Waals surface area contributed by atoms with E-state index in [4.69, 9.17) is 9.47 Å². The predicted octanol–water partition coefficient (Wildman–Crippen LogP) is 2.52. The van der Waals surface area contributed by atoms with E-state index in [0.717, 1.165) is 5.56 Å². The Hall–Kier alpha value is -1.75. The molecule has 21 heavy (non-hydrogen) atoms. The highest BCUT2D eigenvalue weighted by Gasteiger charge is 2.18. The molecule has 0 aliphatic heterocycles. The van der Waals surface area contributed by atoms with Crippen molar-refractivity contribution in [2.45, 2.75) is 45.9 Å². The Morgan fingerprint density at radius 1 is 1.29 bits per heavy atom. The number of rotatable bonds is 6. The molecule has 1 N–H and O–H groups in total. The zero-order valence-corrected chi connectivity index (χ0v) is 13.6. The predicted molar refractivity (Wildman–Crippen MR) is 81.7 cm³/mol. The molecule has 5 nitrogen and oxygen atoms in total. The maximum atomic E-state index is 11.5. The molecular formula is C16H25NO4. The highest BCUT2D eigenvalue weighted by Crippen LogP contribution is 2.26. The smallest absolute Gasteiger partial charge is 0.346 e. The summed E-state index contributed by atoms with van der Waals surface area (Å²) in [6.45, 7) is 8.57. The van der Waals surface area contributed by atoms with E-state index in [1.54, 1.807) is 20.1 Å². The molecule has 0 bridgehead atoms. The van der Waals surface area contributed by atoms with Gasteiger partial charge in [-0.2, -0.15) is 0 Å². The number of hydrogen-bond donors (Lipinski definition) is 1. The normalized spacial score (nSPS) is 12.7. The van der Waals surface area contributed by atoms with Crippen LogP contribution >= 0.6 is 0 Å². The molecule has 0 aliphatic rings. The Bertz CT molecular complexity index is 480. The summed E-state index contributed by atoms with van der Waals surface area (Å²) in [4.78, 5) is 11.5. The zero-order valence-electron chi connectivity index (χ0n) is 13.6. The van der Waals surface area contributed by atoms with Crippen LogP contribution in [0.2, 0.25) is 0 Å². The number of ether oxygens (including phenoxy) is 3. The number of benzene rings is 1. The van der Waals surface area contributed by atoms with E-state index in [9.17, 15) is 4.79 Å². The fraction of sp³-hybridized carbons (Fsp3) is 0.562. The molecule has 0 saturated heterocycles. The van der Waals surface area contributed by atoms with Gasteiger partial charge in [-0.05, 0) is 33.8 Å². The van der Waals surface area contributed by atoms with Crippen molar-refractivity contribution in [2.75, 3.05) is 14.2 Å². The average Bonchev–Trinajstić information content (AvgIpc) is 2.43. The molecule has 0 fully saturated rings. The number of carbonyl (C=O) groups is 1. The summed E-state index contributed by atoms with van der Waals surface area (Å²) in [6.07, 6.45) is -0.671. The van der Waals surface area contributed by atoms with E-state index in [1.807, 2.05) is 12.1 Å². The Morgan fingerprint density at radius 3 is 2.48 bits per heavy atom. The number of nitrogens with one attached hydrogen (secondary N) is 1. The minimum absolute atomic E-state index is 0.00877. The molecule has 1 aromatic rings. The summed E-state index contributed by atoms with van der Waals surface area (Å²) >= 11 is 0. The third-order valence-electron chi connectivity index (χ3n) is 2.92. The topological polar surface area (TPSA) is 56.8 Å². The maximum Gasteiger partial charge on any atom is 0.346 e. The Labute approximate surface area is 126 Å². The van der Waals surface area contributed by atoms with Gasteiger partial charge in [0, 0.05) is 23.7 Å². The molecule has 0 aliphatic carbocycles. The van der Waals surface area contributed by atoms with Crippen LogP contribution in [0.4, 0.5) is 0 Å². The number of carbonyl (C=O) groups excluding carboxylic acids is 1. The first kappa shape index (κ1) is 17.3. The van der Waals surface area contributed by atoms with Gasteiger partial charge in [0.05, 0.1) is 14.2 Å². The highest BCUT2D eigenvalue weighted by molar-refractivity contribution is 5.74. The quantitative estimate of drug-likeness (QED) is 0.817. The summed E-state index contributed by atoms with van der Waals surface area (Å²) in [7, 11) is 2.94. The molecule has 0 saturated carbocycles. The van der Waals surface area contributed by atoms with E-state index >= 15 is 0 Å². The second kappa shape index (κ2) is 7.31. The van der Waals surface area contributed by atoms with Gasteiger partial charge in [0.15, 0.2) is 6.10 Å². The van der Waals surface area contributed by atoms with E-state index in [2.05, 4.69) is 30.8 Å². The molecule has 1 atom stereocenters. The Morgan fingerprint density at radius 2 is 1.95 bits per heavy atom. The minimum Gasteiger partial charge on any atom is -0.497 e.